The molecule has 16 heavy (non-hydrogen) atoms. The quantitative estimate of drug-likeness (QED) is 0.660. The minimum atomic E-state index is -0.395. The molecule has 0 aromatic rings. The SMILES string of the molecule is CCCCCC(C)(O)C1CCC(CC)CC1. The summed E-state index contributed by atoms with van der Waals surface area (Å²) < 4.78 is 0. The third-order valence-electron chi connectivity index (χ3n) is 4.59. The molecule has 0 aliphatic heterocycles. The van der Waals surface area contributed by atoms with Gasteiger partial charge in [0.2, 0.25) is 0 Å². The van der Waals surface area contributed by atoms with E-state index in [1.807, 2.05) is 0 Å². The average molecular weight is 226 g/mol. The molecule has 0 spiro atoms. The monoisotopic (exact) mass is 226 g/mol. The van der Waals surface area contributed by atoms with Crippen LogP contribution >= 0.6 is 0 Å². The van der Waals surface area contributed by atoms with Crippen molar-refractivity contribution in [1.29, 1.82) is 0 Å². The molecule has 1 saturated carbocycles. The van der Waals surface area contributed by atoms with E-state index >= 15 is 0 Å². The van der Waals surface area contributed by atoms with Gasteiger partial charge >= 0.3 is 0 Å². The minimum Gasteiger partial charge on any atom is -0.390 e. The van der Waals surface area contributed by atoms with Gasteiger partial charge in [-0.1, -0.05) is 52.4 Å². The topological polar surface area (TPSA) is 20.2 Å². The van der Waals surface area contributed by atoms with Crippen molar-refractivity contribution in [2.45, 2.75) is 84.2 Å². The molecule has 0 saturated heterocycles. The molecule has 1 atom stereocenters. The lowest BCUT2D eigenvalue weighted by Gasteiger charge is -2.38. The second-order valence-corrected chi connectivity index (χ2v) is 5.94. The van der Waals surface area contributed by atoms with Crippen LogP contribution < -0.4 is 0 Å². The summed E-state index contributed by atoms with van der Waals surface area (Å²) in [5, 5.41) is 10.5. The minimum absolute atomic E-state index is 0.395. The van der Waals surface area contributed by atoms with Crippen LogP contribution in [0.3, 0.4) is 0 Å². The van der Waals surface area contributed by atoms with Gasteiger partial charge in [-0.05, 0) is 38.0 Å². The number of hydrogen-bond acceptors (Lipinski definition) is 1. The van der Waals surface area contributed by atoms with Crippen molar-refractivity contribution in [3.8, 4) is 0 Å². The van der Waals surface area contributed by atoms with E-state index in [-0.39, 0.29) is 0 Å². The van der Waals surface area contributed by atoms with Gasteiger partial charge in [-0.15, -0.1) is 0 Å². The highest BCUT2D eigenvalue weighted by atomic mass is 16.3. The van der Waals surface area contributed by atoms with Crippen LogP contribution in [0.25, 0.3) is 0 Å². The molecule has 1 nitrogen and oxygen atoms in total. The van der Waals surface area contributed by atoms with Crippen molar-refractivity contribution in [3.63, 3.8) is 0 Å². The second-order valence-electron chi connectivity index (χ2n) is 5.94. The van der Waals surface area contributed by atoms with Crippen LogP contribution in [0.4, 0.5) is 0 Å². The molecular weight excluding hydrogens is 196 g/mol. The van der Waals surface area contributed by atoms with Crippen LogP contribution in [0.5, 0.6) is 0 Å². The first-order valence-electron chi connectivity index (χ1n) is 7.32. The third-order valence-corrected chi connectivity index (χ3v) is 4.59. The van der Waals surface area contributed by atoms with E-state index in [0.29, 0.717) is 5.92 Å². The first-order valence-corrected chi connectivity index (χ1v) is 7.32. The van der Waals surface area contributed by atoms with E-state index in [4.69, 9.17) is 0 Å². The van der Waals surface area contributed by atoms with Gasteiger partial charge < -0.3 is 5.11 Å². The van der Waals surface area contributed by atoms with Crippen LogP contribution in [0.15, 0.2) is 0 Å². The highest BCUT2D eigenvalue weighted by Gasteiger charge is 2.33. The van der Waals surface area contributed by atoms with Crippen molar-refractivity contribution in [1.82, 2.24) is 0 Å². The zero-order valence-corrected chi connectivity index (χ0v) is 11.5. The van der Waals surface area contributed by atoms with Gasteiger partial charge in [0, 0.05) is 0 Å². The van der Waals surface area contributed by atoms with Crippen LogP contribution in [-0.4, -0.2) is 10.7 Å². The largest absolute Gasteiger partial charge is 0.390 e. The normalized spacial score (nSPS) is 30.0. The van der Waals surface area contributed by atoms with Gasteiger partial charge in [-0.25, -0.2) is 0 Å². The van der Waals surface area contributed by atoms with E-state index < -0.39 is 5.60 Å². The molecule has 0 bridgehead atoms. The molecule has 1 aliphatic rings. The lowest BCUT2D eigenvalue weighted by atomic mass is 9.72. The lowest BCUT2D eigenvalue weighted by molar-refractivity contribution is -0.0310. The number of aliphatic hydroxyl groups is 1. The van der Waals surface area contributed by atoms with Crippen molar-refractivity contribution >= 4 is 0 Å². The van der Waals surface area contributed by atoms with Gasteiger partial charge in [0.1, 0.15) is 0 Å². The van der Waals surface area contributed by atoms with Gasteiger partial charge in [0.05, 0.1) is 5.60 Å². The summed E-state index contributed by atoms with van der Waals surface area (Å²) in [6, 6.07) is 0. The Morgan fingerprint density at radius 3 is 2.19 bits per heavy atom. The molecule has 1 N–H and O–H groups in total. The summed E-state index contributed by atoms with van der Waals surface area (Å²) in [5.74, 6) is 1.50. The molecule has 1 unspecified atom stereocenters. The van der Waals surface area contributed by atoms with E-state index in [0.717, 1.165) is 12.3 Å². The maximum absolute atomic E-state index is 10.5. The Bertz CT molecular complexity index is 178. The molecule has 0 heterocycles. The van der Waals surface area contributed by atoms with E-state index in [1.165, 1.54) is 51.4 Å². The zero-order valence-electron chi connectivity index (χ0n) is 11.5. The van der Waals surface area contributed by atoms with E-state index in [9.17, 15) is 5.11 Å². The molecule has 0 aromatic carbocycles. The molecule has 1 fully saturated rings. The van der Waals surface area contributed by atoms with Crippen molar-refractivity contribution in [2.24, 2.45) is 11.8 Å². The predicted molar refractivity (Wildman–Crippen MR) is 70.5 cm³/mol. The van der Waals surface area contributed by atoms with E-state index in [1.54, 1.807) is 0 Å². The van der Waals surface area contributed by atoms with Gasteiger partial charge in [0.25, 0.3) is 0 Å². The molecule has 1 rings (SSSR count). The summed E-state index contributed by atoms with van der Waals surface area (Å²) in [4.78, 5) is 0. The Kier molecular flexibility index (Phi) is 5.82. The number of rotatable bonds is 6. The number of hydrogen-bond donors (Lipinski definition) is 1. The molecule has 0 amide bonds. The first-order chi connectivity index (χ1) is 7.60. The second kappa shape index (κ2) is 6.64. The average Bonchev–Trinajstić information content (AvgIpc) is 2.29. The fourth-order valence-corrected chi connectivity index (χ4v) is 3.13. The Morgan fingerprint density at radius 2 is 1.69 bits per heavy atom. The van der Waals surface area contributed by atoms with Crippen molar-refractivity contribution in [2.75, 3.05) is 0 Å². The van der Waals surface area contributed by atoms with Crippen LogP contribution in [0.1, 0.15) is 78.6 Å². The highest BCUT2D eigenvalue weighted by Crippen LogP contribution is 2.38. The van der Waals surface area contributed by atoms with E-state index in [2.05, 4.69) is 20.8 Å². The standard InChI is InChI=1S/C15H30O/c1-4-6-7-12-15(3,16)14-10-8-13(5-2)9-11-14/h13-14,16H,4-12H2,1-3H3. The molecule has 1 heteroatoms. The molecule has 0 radical (unpaired) electrons. The maximum atomic E-state index is 10.5. The first kappa shape index (κ1) is 14.0. The summed E-state index contributed by atoms with van der Waals surface area (Å²) in [7, 11) is 0. The van der Waals surface area contributed by atoms with Crippen LogP contribution in [0, 0.1) is 11.8 Å². The molecule has 96 valence electrons. The smallest absolute Gasteiger partial charge is 0.0647 e. The molecule has 0 aromatic heterocycles. The molecular formula is C15H30O. The Hall–Kier alpha value is -0.0400. The Balaban J connectivity index is 2.32. The third kappa shape index (κ3) is 4.08. The maximum Gasteiger partial charge on any atom is 0.0647 e. The van der Waals surface area contributed by atoms with Crippen molar-refractivity contribution in [3.05, 3.63) is 0 Å². The summed E-state index contributed by atoms with van der Waals surface area (Å²) in [6.45, 7) is 6.59. The number of unbranched alkanes of at least 4 members (excludes halogenated alkanes) is 2. The fourth-order valence-electron chi connectivity index (χ4n) is 3.13. The lowest BCUT2D eigenvalue weighted by Crippen LogP contribution is -2.37. The fraction of sp³-hybridized carbons (Fsp3) is 1.00. The Morgan fingerprint density at radius 1 is 1.06 bits per heavy atom. The van der Waals surface area contributed by atoms with Crippen LogP contribution in [-0.2, 0) is 0 Å². The predicted octanol–water partition coefficient (Wildman–Crippen LogP) is 4.53. The van der Waals surface area contributed by atoms with Crippen molar-refractivity contribution < 1.29 is 5.11 Å². The van der Waals surface area contributed by atoms with Gasteiger partial charge in [-0.2, -0.15) is 0 Å². The highest BCUT2D eigenvalue weighted by molar-refractivity contribution is 4.85. The summed E-state index contributed by atoms with van der Waals surface area (Å²) >= 11 is 0. The van der Waals surface area contributed by atoms with Gasteiger partial charge in [0.15, 0.2) is 0 Å². The zero-order chi connectivity index (χ0) is 12.0. The summed E-state index contributed by atoms with van der Waals surface area (Å²) in [5.41, 5.74) is -0.395. The Labute approximate surface area is 102 Å². The summed E-state index contributed by atoms with van der Waals surface area (Å²) in [6.07, 6.45) is 11.2. The van der Waals surface area contributed by atoms with Gasteiger partial charge in [-0.3, -0.25) is 0 Å². The molecule has 1 aliphatic carbocycles. The van der Waals surface area contributed by atoms with Crippen LogP contribution in [0.2, 0.25) is 0 Å².